The molecule has 2 amide bonds. The molecule has 0 bridgehead atoms. The van der Waals surface area contributed by atoms with Gasteiger partial charge in [-0.1, -0.05) is 0 Å². The molecule has 0 saturated carbocycles. The third-order valence-corrected chi connectivity index (χ3v) is 2.41. The molecule has 1 aliphatic rings. The zero-order chi connectivity index (χ0) is 11.1. The van der Waals surface area contributed by atoms with Gasteiger partial charge in [0.1, 0.15) is 5.78 Å². The minimum atomic E-state index is -0.260. The second-order valence-corrected chi connectivity index (χ2v) is 3.86. The number of nitrogens with zero attached hydrogens (tertiary/aromatic N) is 1. The van der Waals surface area contributed by atoms with Crippen molar-refractivity contribution >= 4 is 11.8 Å². The fraction of sp³-hybridized carbons (Fsp3) is 0.800. The lowest BCUT2D eigenvalue weighted by molar-refractivity contribution is -0.116. The Labute approximate surface area is 90.2 Å². The lowest BCUT2D eigenvalue weighted by atomic mass is 10.4. The molecule has 1 fully saturated rings. The first-order valence-electron chi connectivity index (χ1n) is 5.42. The van der Waals surface area contributed by atoms with Crippen molar-refractivity contribution in [2.24, 2.45) is 0 Å². The van der Waals surface area contributed by atoms with Gasteiger partial charge in [-0.15, -0.1) is 0 Å². The Morgan fingerprint density at radius 1 is 1.20 bits per heavy atom. The van der Waals surface area contributed by atoms with Gasteiger partial charge in [-0.05, 0) is 32.9 Å². The number of ketones is 1. The third-order valence-electron chi connectivity index (χ3n) is 2.41. The van der Waals surface area contributed by atoms with E-state index in [0.717, 1.165) is 19.6 Å². The van der Waals surface area contributed by atoms with Crippen LogP contribution in [0.4, 0.5) is 4.79 Å². The molecule has 0 spiro atoms. The summed E-state index contributed by atoms with van der Waals surface area (Å²) in [4.78, 5) is 24.0. The quantitative estimate of drug-likeness (QED) is 0.674. The van der Waals surface area contributed by atoms with E-state index in [4.69, 9.17) is 0 Å². The number of urea groups is 1. The molecule has 0 radical (unpaired) electrons. The van der Waals surface area contributed by atoms with Crippen molar-refractivity contribution in [2.75, 3.05) is 32.7 Å². The molecule has 1 saturated heterocycles. The van der Waals surface area contributed by atoms with Crippen LogP contribution in [0.2, 0.25) is 0 Å². The lowest BCUT2D eigenvalue weighted by Gasteiger charge is -2.14. The van der Waals surface area contributed by atoms with Gasteiger partial charge in [0.2, 0.25) is 0 Å². The molecule has 0 aliphatic carbocycles. The second kappa shape index (κ2) is 6.40. The van der Waals surface area contributed by atoms with Crippen LogP contribution in [0.15, 0.2) is 0 Å². The van der Waals surface area contributed by atoms with Crippen LogP contribution >= 0.6 is 0 Å². The first-order chi connectivity index (χ1) is 7.18. The summed E-state index contributed by atoms with van der Waals surface area (Å²) in [6, 6.07) is -0.260. The van der Waals surface area contributed by atoms with Crippen LogP contribution in [0.5, 0.6) is 0 Å². The van der Waals surface area contributed by atoms with Gasteiger partial charge < -0.3 is 15.5 Å². The minimum Gasteiger partial charge on any atom is -0.337 e. The van der Waals surface area contributed by atoms with Crippen LogP contribution in [0.25, 0.3) is 0 Å². The Morgan fingerprint density at radius 2 is 1.87 bits per heavy atom. The average Bonchev–Trinajstić information content (AvgIpc) is 2.67. The van der Waals surface area contributed by atoms with E-state index in [-0.39, 0.29) is 18.4 Å². The predicted molar refractivity (Wildman–Crippen MR) is 57.8 cm³/mol. The van der Waals surface area contributed by atoms with Crippen molar-refractivity contribution in [1.82, 2.24) is 15.5 Å². The standard InChI is InChI=1S/C10H19N3O2/c1-9(14)8-12-10(15)11-4-7-13-5-2-3-6-13/h2-8H2,1H3,(H2,11,12,15). The van der Waals surface area contributed by atoms with Crippen molar-refractivity contribution in [1.29, 1.82) is 0 Å². The van der Waals surface area contributed by atoms with E-state index in [1.807, 2.05) is 0 Å². The van der Waals surface area contributed by atoms with Gasteiger partial charge in [0, 0.05) is 13.1 Å². The Hall–Kier alpha value is -1.10. The maximum absolute atomic E-state index is 11.1. The highest BCUT2D eigenvalue weighted by Crippen LogP contribution is 2.05. The molecule has 15 heavy (non-hydrogen) atoms. The first-order valence-corrected chi connectivity index (χ1v) is 5.42. The zero-order valence-corrected chi connectivity index (χ0v) is 9.21. The Bertz CT molecular complexity index is 225. The molecule has 0 aromatic heterocycles. The molecule has 0 aromatic carbocycles. The number of Topliss-reactive ketones (excluding diaryl/α,β-unsaturated/α-hetero) is 1. The number of hydrogen-bond acceptors (Lipinski definition) is 3. The van der Waals surface area contributed by atoms with E-state index < -0.39 is 0 Å². The van der Waals surface area contributed by atoms with E-state index in [1.54, 1.807) is 0 Å². The van der Waals surface area contributed by atoms with Crippen molar-refractivity contribution in [3.05, 3.63) is 0 Å². The predicted octanol–water partition coefficient (Wildman–Crippen LogP) is -0.0296. The number of rotatable bonds is 5. The van der Waals surface area contributed by atoms with Gasteiger partial charge in [0.25, 0.3) is 0 Å². The number of carbonyl (C=O) groups is 2. The smallest absolute Gasteiger partial charge is 0.315 e. The summed E-state index contributed by atoms with van der Waals surface area (Å²) in [6.45, 7) is 5.37. The molecular formula is C10H19N3O2. The van der Waals surface area contributed by atoms with Crippen LogP contribution in [0.3, 0.4) is 0 Å². The van der Waals surface area contributed by atoms with Crippen molar-refractivity contribution < 1.29 is 9.59 Å². The fourth-order valence-electron chi connectivity index (χ4n) is 1.60. The molecule has 5 heteroatoms. The van der Waals surface area contributed by atoms with Gasteiger partial charge in [-0.2, -0.15) is 0 Å². The molecule has 0 atom stereocenters. The molecule has 1 rings (SSSR count). The molecule has 0 unspecified atom stereocenters. The number of amides is 2. The molecule has 1 heterocycles. The minimum absolute atomic E-state index is 0.0373. The van der Waals surface area contributed by atoms with Gasteiger partial charge in [-0.3, -0.25) is 4.79 Å². The monoisotopic (exact) mass is 213 g/mol. The SMILES string of the molecule is CC(=O)CNC(=O)NCCN1CCCC1. The molecule has 1 aliphatic heterocycles. The highest BCUT2D eigenvalue weighted by atomic mass is 16.2. The van der Waals surface area contributed by atoms with Gasteiger partial charge >= 0.3 is 6.03 Å². The lowest BCUT2D eigenvalue weighted by Crippen LogP contribution is -2.41. The summed E-state index contributed by atoms with van der Waals surface area (Å²) < 4.78 is 0. The molecule has 86 valence electrons. The number of carbonyl (C=O) groups excluding carboxylic acids is 2. The summed E-state index contributed by atoms with van der Waals surface area (Å²) in [5, 5.41) is 5.21. The normalized spacial score (nSPS) is 16.3. The summed E-state index contributed by atoms with van der Waals surface area (Å²) in [5.74, 6) is -0.0373. The molecule has 0 aromatic rings. The van der Waals surface area contributed by atoms with Gasteiger partial charge in [-0.25, -0.2) is 4.79 Å². The molecule has 2 N–H and O–H groups in total. The Kier molecular flexibility index (Phi) is 5.10. The summed E-state index contributed by atoms with van der Waals surface area (Å²) in [5.41, 5.74) is 0. The summed E-state index contributed by atoms with van der Waals surface area (Å²) in [7, 11) is 0. The van der Waals surface area contributed by atoms with Crippen molar-refractivity contribution in [3.63, 3.8) is 0 Å². The zero-order valence-electron chi connectivity index (χ0n) is 9.21. The fourth-order valence-corrected chi connectivity index (χ4v) is 1.60. The summed E-state index contributed by atoms with van der Waals surface area (Å²) >= 11 is 0. The van der Waals surface area contributed by atoms with E-state index in [1.165, 1.54) is 19.8 Å². The molecule has 5 nitrogen and oxygen atoms in total. The van der Waals surface area contributed by atoms with Crippen LogP contribution in [0.1, 0.15) is 19.8 Å². The van der Waals surface area contributed by atoms with E-state index in [2.05, 4.69) is 15.5 Å². The van der Waals surface area contributed by atoms with Crippen LogP contribution in [-0.2, 0) is 4.79 Å². The van der Waals surface area contributed by atoms with Gasteiger partial charge in [0.05, 0.1) is 6.54 Å². The second-order valence-electron chi connectivity index (χ2n) is 3.86. The van der Waals surface area contributed by atoms with Gasteiger partial charge in [0.15, 0.2) is 0 Å². The maximum Gasteiger partial charge on any atom is 0.315 e. The van der Waals surface area contributed by atoms with E-state index in [9.17, 15) is 9.59 Å². The average molecular weight is 213 g/mol. The Morgan fingerprint density at radius 3 is 2.47 bits per heavy atom. The third kappa shape index (κ3) is 5.37. The number of nitrogens with one attached hydrogen (secondary N) is 2. The first kappa shape index (κ1) is 12.0. The Balaban J connectivity index is 1.98. The van der Waals surface area contributed by atoms with E-state index >= 15 is 0 Å². The van der Waals surface area contributed by atoms with Crippen molar-refractivity contribution in [3.8, 4) is 0 Å². The van der Waals surface area contributed by atoms with Crippen molar-refractivity contribution in [2.45, 2.75) is 19.8 Å². The van der Waals surface area contributed by atoms with Crippen LogP contribution < -0.4 is 10.6 Å². The van der Waals surface area contributed by atoms with Crippen LogP contribution in [-0.4, -0.2) is 49.4 Å². The summed E-state index contributed by atoms with van der Waals surface area (Å²) in [6.07, 6.45) is 2.52. The number of hydrogen-bond donors (Lipinski definition) is 2. The van der Waals surface area contributed by atoms with E-state index in [0.29, 0.717) is 6.54 Å². The molecular weight excluding hydrogens is 194 g/mol. The number of likely N-dealkylation sites (tertiary alicyclic amines) is 1. The topological polar surface area (TPSA) is 61.4 Å². The largest absolute Gasteiger partial charge is 0.337 e. The highest BCUT2D eigenvalue weighted by molar-refractivity contribution is 5.83. The van der Waals surface area contributed by atoms with Crippen LogP contribution in [0, 0.1) is 0 Å². The maximum atomic E-state index is 11.1. The highest BCUT2D eigenvalue weighted by Gasteiger charge is 2.10.